The normalized spacial score (nSPS) is 20.9. The largest absolute Gasteiger partial charge is 0.296 e. The molecule has 112 valence electrons. The second-order valence-corrected chi connectivity index (χ2v) is 7.57. The van der Waals surface area contributed by atoms with Crippen molar-refractivity contribution in [2.45, 2.75) is 52.9 Å². The van der Waals surface area contributed by atoms with Gasteiger partial charge in [-0.25, -0.2) is 0 Å². The summed E-state index contributed by atoms with van der Waals surface area (Å²) >= 11 is 1.73. The molecule has 0 radical (unpaired) electrons. The molecule has 2 heterocycles. The van der Waals surface area contributed by atoms with Gasteiger partial charge in [0.05, 0.1) is 6.54 Å². The molecule has 1 aliphatic rings. The first-order valence-corrected chi connectivity index (χ1v) is 8.74. The van der Waals surface area contributed by atoms with Crippen molar-refractivity contribution in [2.24, 2.45) is 5.92 Å². The maximum atomic E-state index is 12.4. The monoisotopic (exact) mass is 293 g/mol. The van der Waals surface area contributed by atoms with Crippen LogP contribution in [-0.4, -0.2) is 30.3 Å². The van der Waals surface area contributed by atoms with Gasteiger partial charge < -0.3 is 0 Å². The zero-order valence-electron chi connectivity index (χ0n) is 13.1. The molecule has 0 aliphatic carbocycles. The highest BCUT2D eigenvalue weighted by Gasteiger charge is 2.20. The Bertz CT molecular complexity index is 452. The van der Waals surface area contributed by atoms with E-state index >= 15 is 0 Å². The molecule has 3 heteroatoms. The van der Waals surface area contributed by atoms with Crippen molar-refractivity contribution in [1.82, 2.24) is 4.90 Å². The highest BCUT2D eigenvalue weighted by molar-refractivity contribution is 7.12. The number of carbonyl (C=O) groups excluding carboxylic acids is 1. The van der Waals surface area contributed by atoms with Gasteiger partial charge in [0.15, 0.2) is 5.78 Å². The van der Waals surface area contributed by atoms with E-state index in [1.807, 2.05) is 0 Å². The maximum Gasteiger partial charge on any atom is 0.177 e. The van der Waals surface area contributed by atoms with Gasteiger partial charge in [0.2, 0.25) is 0 Å². The molecule has 1 unspecified atom stereocenters. The second-order valence-electron chi connectivity index (χ2n) is 6.11. The van der Waals surface area contributed by atoms with Crippen LogP contribution >= 0.6 is 11.3 Å². The summed E-state index contributed by atoms with van der Waals surface area (Å²) in [5.74, 6) is 1.19. The first-order chi connectivity index (χ1) is 9.60. The minimum absolute atomic E-state index is 0.306. The molecular weight excluding hydrogens is 266 g/mol. The van der Waals surface area contributed by atoms with Crippen LogP contribution < -0.4 is 0 Å². The van der Waals surface area contributed by atoms with E-state index in [0.29, 0.717) is 12.3 Å². The number of hydrogen-bond donors (Lipinski definition) is 0. The number of rotatable bonds is 5. The van der Waals surface area contributed by atoms with Crippen molar-refractivity contribution in [1.29, 1.82) is 0 Å². The van der Waals surface area contributed by atoms with Crippen LogP contribution in [0, 0.1) is 19.8 Å². The van der Waals surface area contributed by atoms with E-state index < -0.39 is 0 Å². The summed E-state index contributed by atoms with van der Waals surface area (Å²) in [5, 5.41) is 0. The topological polar surface area (TPSA) is 20.3 Å². The minimum Gasteiger partial charge on any atom is -0.296 e. The summed E-state index contributed by atoms with van der Waals surface area (Å²) in [4.78, 5) is 17.2. The van der Waals surface area contributed by atoms with Gasteiger partial charge in [-0.3, -0.25) is 9.69 Å². The summed E-state index contributed by atoms with van der Waals surface area (Å²) in [6.45, 7) is 9.21. The Hall–Kier alpha value is -0.670. The number of Topliss-reactive ketones (excluding diaryl/α,β-unsaturated/α-hetero) is 1. The molecule has 1 saturated heterocycles. The van der Waals surface area contributed by atoms with Gasteiger partial charge in [0, 0.05) is 15.3 Å². The maximum absolute atomic E-state index is 12.4. The second kappa shape index (κ2) is 7.37. The van der Waals surface area contributed by atoms with Crippen molar-refractivity contribution in [2.75, 3.05) is 19.6 Å². The van der Waals surface area contributed by atoms with Crippen molar-refractivity contribution >= 4 is 17.1 Å². The predicted octanol–water partition coefficient (Wildman–Crippen LogP) is 4.45. The molecular formula is C17H27NOS. The summed E-state index contributed by atoms with van der Waals surface area (Å²) in [7, 11) is 0. The first-order valence-electron chi connectivity index (χ1n) is 7.92. The molecule has 0 amide bonds. The third-order valence-electron chi connectivity index (χ3n) is 4.35. The van der Waals surface area contributed by atoms with Crippen LogP contribution in [0.2, 0.25) is 0 Å². The van der Waals surface area contributed by atoms with Crippen molar-refractivity contribution in [3.05, 3.63) is 21.4 Å². The minimum atomic E-state index is 0.306. The third kappa shape index (κ3) is 4.16. The van der Waals surface area contributed by atoms with E-state index in [1.54, 1.807) is 11.3 Å². The SMILES string of the molecule is CCCC1CCCN(CC(=O)c2cc(C)sc2C)CC1. The zero-order valence-corrected chi connectivity index (χ0v) is 13.9. The van der Waals surface area contributed by atoms with Crippen LogP contribution in [0.4, 0.5) is 0 Å². The number of thiophene rings is 1. The fraction of sp³-hybridized carbons (Fsp3) is 0.706. The number of nitrogens with zero attached hydrogens (tertiary/aromatic N) is 1. The van der Waals surface area contributed by atoms with Crippen LogP contribution in [0.3, 0.4) is 0 Å². The molecule has 0 N–H and O–H groups in total. The van der Waals surface area contributed by atoms with Gasteiger partial charge in [-0.05, 0) is 58.2 Å². The molecule has 1 aliphatic heterocycles. The van der Waals surface area contributed by atoms with Crippen LogP contribution in [0.25, 0.3) is 0 Å². The Labute approximate surface area is 127 Å². The molecule has 2 nitrogen and oxygen atoms in total. The van der Waals surface area contributed by atoms with E-state index in [0.717, 1.165) is 24.6 Å². The average molecular weight is 293 g/mol. The quantitative estimate of drug-likeness (QED) is 0.748. The molecule has 0 bridgehead atoms. The lowest BCUT2D eigenvalue weighted by atomic mass is 9.96. The molecule has 1 aromatic heterocycles. The third-order valence-corrected chi connectivity index (χ3v) is 5.31. The lowest BCUT2D eigenvalue weighted by molar-refractivity contribution is 0.0932. The van der Waals surface area contributed by atoms with Gasteiger partial charge in [-0.15, -0.1) is 11.3 Å². The van der Waals surface area contributed by atoms with E-state index in [-0.39, 0.29) is 0 Å². The Morgan fingerprint density at radius 1 is 1.35 bits per heavy atom. The van der Waals surface area contributed by atoms with E-state index in [1.165, 1.54) is 41.9 Å². The van der Waals surface area contributed by atoms with Crippen molar-refractivity contribution < 1.29 is 4.79 Å². The molecule has 2 rings (SSSR count). The summed E-state index contributed by atoms with van der Waals surface area (Å²) in [5.41, 5.74) is 0.946. The lowest BCUT2D eigenvalue weighted by Crippen LogP contribution is -2.31. The summed E-state index contributed by atoms with van der Waals surface area (Å²) in [6.07, 6.45) is 6.50. The van der Waals surface area contributed by atoms with Crippen LogP contribution in [0.15, 0.2) is 6.07 Å². The zero-order chi connectivity index (χ0) is 14.5. The van der Waals surface area contributed by atoms with Gasteiger partial charge in [0.25, 0.3) is 0 Å². The molecule has 0 aromatic carbocycles. The molecule has 0 spiro atoms. The van der Waals surface area contributed by atoms with E-state index in [9.17, 15) is 4.79 Å². The molecule has 1 atom stereocenters. The Morgan fingerprint density at radius 3 is 2.80 bits per heavy atom. The number of ketones is 1. The molecule has 1 aromatic rings. The lowest BCUT2D eigenvalue weighted by Gasteiger charge is -2.19. The number of likely N-dealkylation sites (tertiary alicyclic amines) is 1. The number of aryl methyl sites for hydroxylation is 2. The number of hydrogen-bond acceptors (Lipinski definition) is 3. The summed E-state index contributed by atoms with van der Waals surface area (Å²) < 4.78 is 0. The first kappa shape index (κ1) is 15.7. The fourth-order valence-corrected chi connectivity index (χ4v) is 4.22. The Balaban J connectivity index is 1.90. The summed E-state index contributed by atoms with van der Waals surface area (Å²) in [6, 6.07) is 2.06. The Morgan fingerprint density at radius 2 is 2.15 bits per heavy atom. The smallest absolute Gasteiger partial charge is 0.177 e. The van der Waals surface area contributed by atoms with Crippen LogP contribution in [0.1, 0.15) is 59.1 Å². The van der Waals surface area contributed by atoms with Crippen LogP contribution in [-0.2, 0) is 0 Å². The van der Waals surface area contributed by atoms with Crippen molar-refractivity contribution in [3.63, 3.8) is 0 Å². The van der Waals surface area contributed by atoms with E-state index in [2.05, 4.69) is 31.7 Å². The molecule has 20 heavy (non-hydrogen) atoms. The standard InChI is InChI=1S/C17H27NOS/c1-4-6-15-7-5-9-18(10-8-15)12-17(19)16-11-13(2)20-14(16)3/h11,15H,4-10,12H2,1-3H3. The molecule has 1 fully saturated rings. The average Bonchev–Trinajstić information content (AvgIpc) is 2.60. The van der Waals surface area contributed by atoms with Gasteiger partial charge in [-0.2, -0.15) is 0 Å². The van der Waals surface area contributed by atoms with E-state index in [4.69, 9.17) is 0 Å². The van der Waals surface area contributed by atoms with Gasteiger partial charge in [-0.1, -0.05) is 19.8 Å². The predicted molar refractivity (Wildman–Crippen MR) is 86.8 cm³/mol. The van der Waals surface area contributed by atoms with Gasteiger partial charge in [0.1, 0.15) is 0 Å². The highest BCUT2D eigenvalue weighted by atomic mass is 32.1. The van der Waals surface area contributed by atoms with Gasteiger partial charge >= 0.3 is 0 Å². The highest BCUT2D eigenvalue weighted by Crippen LogP contribution is 2.24. The fourth-order valence-electron chi connectivity index (χ4n) is 3.28. The number of carbonyl (C=O) groups is 1. The van der Waals surface area contributed by atoms with Crippen LogP contribution in [0.5, 0.6) is 0 Å². The Kier molecular flexibility index (Phi) is 5.79. The molecule has 0 saturated carbocycles. The van der Waals surface area contributed by atoms with Crippen molar-refractivity contribution in [3.8, 4) is 0 Å².